The zero-order valence-electron chi connectivity index (χ0n) is 11.7. The normalized spacial score (nSPS) is 14.4. The van der Waals surface area contributed by atoms with Gasteiger partial charge in [0.15, 0.2) is 0 Å². The van der Waals surface area contributed by atoms with Crippen LogP contribution in [0.15, 0.2) is 0 Å². The molecular formula is C13H30N2O. The summed E-state index contributed by atoms with van der Waals surface area (Å²) < 4.78 is 0. The van der Waals surface area contributed by atoms with Crippen LogP contribution in [0, 0.1) is 5.41 Å². The van der Waals surface area contributed by atoms with E-state index in [0.717, 1.165) is 32.6 Å². The Balaban J connectivity index is 4.26. The zero-order valence-corrected chi connectivity index (χ0v) is 11.7. The van der Waals surface area contributed by atoms with Crippen molar-refractivity contribution in [3.05, 3.63) is 0 Å². The second-order valence-electron chi connectivity index (χ2n) is 5.27. The van der Waals surface area contributed by atoms with E-state index in [-0.39, 0.29) is 12.0 Å². The molecule has 0 fully saturated rings. The van der Waals surface area contributed by atoms with Crippen molar-refractivity contribution < 1.29 is 5.11 Å². The van der Waals surface area contributed by atoms with E-state index in [1.807, 2.05) is 0 Å². The predicted molar refractivity (Wildman–Crippen MR) is 70.7 cm³/mol. The lowest BCUT2D eigenvalue weighted by molar-refractivity contribution is 0.121. The molecule has 0 aliphatic heterocycles. The van der Waals surface area contributed by atoms with Crippen molar-refractivity contribution >= 4 is 0 Å². The molecule has 0 amide bonds. The Morgan fingerprint density at radius 3 is 2.31 bits per heavy atom. The van der Waals surface area contributed by atoms with Gasteiger partial charge in [0.2, 0.25) is 0 Å². The second kappa shape index (κ2) is 8.04. The summed E-state index contributed by atoms with van der Waals surface area (Å²) in [4.78, 5) is 2.36. The van der Waals surface area contributed by atoms with E-state index in [1.54, 1.807) is 0 Å². The van der Waals surface area contributed by atoms with Crippen LogP contribution >= 0.6 is 0 Å². The summed E-state index contributed by atoms with van der Waals surface area (Å²) in [5.74, 6) is 0. The van der Waals surface area contributed by atoms with Crippen LogP contribution in [0.25, 0.3) is 0 Å². The van der Waals surface area contributed by atoms with Crippen LogP contribution in [0.1, 0.15) is 41.0 Å². The highest BCUT2D eigenvalue weighted by atomic mass is 16.3. The summed E-state index contributed by atoms with van der Waals surface area (Å²) in [5.41, 5.74) is 0.236. The van der Waals surface area contributed by atoms with Gasteiger partial charge in [-0.1, -0.05) is 27.7 Å². The van der Waals surface area contributed by atoms with Crippen molar-refractivity contribution in [2.45, 2.75) is 47.1 Å². The van der Waals surface area contributed by atoms with Crippen LogP contribution in [0.5, 0.6) is 0 Å². The molecular weight excluding hydrogens is 200 g/mol. The molecule has 0 aromatic heterocycles. The van der Waals surface area contributed by atoms with E-state index in [9.17, 15) is 0 Å². The van der Waals surface area contributed by atoms with Crippen molar-refractivity contribution in [1.82, 2.24) is 10.2 Å². The molecule has 0 aliphatic carbocycles. The lowest BCUT2D eigenvalue weighted by Gasteiger charge is -2.37. The summed E-state index contributed by atoms with van der Waals surface area (Å²) in [7, 11) is 0. The van der Waals surface area contributed by atoms with Gasteiger partial charge in [0, 0.05) is 19.1 Å². The second-order valence-corrected chi connectivity index (χ2v) is 5.27. The number of rotatable bonds is 9. The van der Waals surface area contributed by atoms with E-state index in [2.05, 4.69) is 44.8 Å². The minimum atomic E-state index is 0.236. The number of hydrogen-bond donors (Lipinski definition) is 2. The molecule has 1 atom stereocenters. The third-order valence-corrected chi connectivity index (χ3v) is 3.27. The number of aliphatic hydroxyl groups is 1. The van der Waals surface area contributed by atoms with Gasteiger partial charge >= 0.3 is 0 Å². The van der Waals surface area contributed by atoms with E-state index in [0.29, 0.717) is 6.04 Å². The van der Waals surface area contributed by atoms with Gasteiger partial charge in [-0.3, -0.25) is 0 Å². The minimum Gasteiger partial charge on any atom is -0.395 e. The molecule has 3 heteroatoms. The number of aliphatic hydroxyl groups excluding tert-OH is 1. The molecule has 0 bridgehead atoms. The zero-order chi connectivity index (χ0) is 12.6. The lowest BCUT2D eigenvalue weighted by atomic mass is 9.84. The summed E-state index contributed by atoms with van der Waals surface area (Å²) in [6.45, 7) is 15.3. The predicted octanol–water partition coefficient (Wildman–Crippen LogP) is 1.71. The Kier molecular flexibility index (Phi) is 7.98. The first-order valence-electron chi connectivity index (χ1n) is 6.54. The first kappa shape index (κ1) is 15.9. The largest absolute Gasteiger partial charge is 0.395 e. The summed E-state index contributed by atoms with van der Waals surface area (Å²) in [5, 5.41) is 12.5. The van der Waals surface area contributed by atoms with E-state index >= 15 is 0 Å². The fourth-order valence-electron chi connectivity index (χ4n) is 2.02. The number of hydrogen-bond acceptors (Lipinski definition) is 3. The summed E-state index contributed by atoms with van der Waals surface area (Å²) in [6, 6.07) is 0.496. The van der Waals surface area contributed by atoms with Crippen LogP contribution in [-0.2, 0) is 0 Å². The Bertz CT molecular complexity index is 165. The highest BCUT2D eigenvalue weighted by Crippen LogP contribution is 2.22. The molecule has 2 N–H and O–H groups in total. The Morgan fingerprint density at radius 1 is 1.25 bits per heavy atom. The molecule has 0 rings (SSSR count). The van der Waals surface area contributed by atoms with Gasteiger partial charge in [0.25, 0.3) is 0 Å². The van der Waals surface area contributed by atoms with Gasteiger partial charge in [-0.05, 0) is 31.8 Å². The Morgan fingerprint density at radius 2 is 1.88 bits per heavy atom. The van der Waals surface area contributed by atoms with Gasteiger partial charge in [-0.2, -0.15) is 0 Å². The van der Waals surface area contributed by atoms with E-state index in [4.69, 9.17) is 5.11 Å². The number of nitrogens with one attached hydrogen (secondary N) is 1. The van der Waals surface area contributed by atoms with Gasteiger partial charge in [-0.25, -0.2) is 0 Å². The van der Waals surface area contributed by atoms with Crippen molar-refractivity contribution in [3.8, 4) is 0 Å². The maximum Gasteiger partial charge on any atom is 0.0558 e. The SMILES string of the molecule is CCCN(CCO)CC(C)(C)C(C)NCC. The molecule has 0 radical (unpaired) electrons. The average Bonchev–Trinajstić information content (AvgIpc) is 2.18. The minimum absolute atomic E-state index is 0.236. The van der Waals surface area contributed by atoms with Crippen LogP contribution in [0.2, 0.25) is 0 Å². The molecule has 0 spiro atoms. The number of nitrogens with zero attached hydrogens (tertiary/aromatic N) is 1. The van der Waals surface area contributed by atoms with Gasteiger partial charge in [0.05, 0.1) is 6.61 Å². The van der Waals surface area contributed by atoms with Crippen molar-refractivity contribution in [2.24, 2.45) is 5.41 Å². The average molecular weight is 230 g/mol. The fourth-order valence-corrected chi connectivity index (χ4v) is 2.02. The first-order chi connectivity index (χ1) is 7.47. The van der Waals surface area contributed by atoms with E-state index < -0.39 is 0 Å². The van der Waals surface area contributed by atoms with Crippen LogP contribution in [0.3, 0.4) is 0 Å². The van der Waals surface area contributed by atoms with Gasteiger partial charge in [0.1, 0.15) is 0 Å². The smallest absolute Gasteiger partial charge is 0.0558 e. The molecule has 0 aromatic carbocycles. The van der Waals surface area contributed by atoms with E-state index in [1.165, 1.54) is 0 Å². The standard InChI is InChI=1S/C13H30N2O/c1-6-8-15(9-10-16)11-13(4,5)12(3)14-7-2/h12,14,16H,6-11H2,1-5H3. The van der Waals surface area contributed by atoms with Crippen LogP contribution < -0.4 is 5.32 Å². The van der Waals surface area contributed by atoms with Crippen LogP contribution in [0.4, 0.5) is 0 Å². The van der Waals surface area contributed by atoms with Crippen molar-refractivity contribution in [1.29, 1.82) is 0 Å². The molecule has 0 saturated carbocycles. The Labute approximate surface area is 101 Å². The monoisotopic (exact) mass is 230 g/mol. The molecule has 0 aromatic rings. The maximum atomic E-state index is 9.04. The summed E-state index contributed by atoms with van der Waals surface area (Å²) >= 11 is 0. The fraction of sp³-hybridized carbons (Fsp3) is 1.00. The first-order valence-corrected chi connectivity index (χ1v) is 6.54. The Hall–Kier alpha value is -0.120. The maximum absolute atomic E-state index is 9.04. The molecule has 1 unspecified atom stereocenters. The van der Waals surface area contributed by atoms with Gasteiger partial charge in [-0.15, -0.1) is 0 Å². The topological polar surface area (TPSA) is 35.5 Å². The quantitative estimate of drug-likeness (QED) is 0.633. The molecule has 3 nitrogen and oxygen atoms in total. The highest BCUT2D eigenvalue weighted by molar-refractivity contribution is 4.83. The molecule has 16 heavy (non-hydrogen) atoms. The van der Waals surface area contributed by atoms with Crippen molar-refractivity contribution in [3.63, 3.8) is 0 Å². The van der Waals surface area contributed by atoms with Gasteiger partial charge < -0.3 is 15.3 Å². The molecule has 0 saturated heterocycles. The molecule has 98 valence electrons. The highest BCUT2D eigenvalue weighted by Gasteiger charge is 2.27. The third-order valence-electron chi connectivity index (χ3n) is 3.27. The summed E-state index contributed by atoms with van der Waals surface area (Å²) in [6.07, 6.45) is 1.14. The van der Waals surface area contributed by atoms with Crippen molar-refractivity contribution in [2.75, 3.05) is 32.8 Å². The molecule has 0 heterocycles. The lowest BCUT2D eigenvalue weighted by Crippen LogP contribution is -2.47. The van der Waals surface area contributed by atoms with Crippen LogP contribution in [-0.4, -0.2) is 48.8 Å². The molecule has 0 aliphatic rings. The third kappa shape index (κ3) is 5.83.